The lowest BCUT2D eigenvalue weighted by atomic mass is 10.0. The van der Waals surface area contributed by atoms with Crippen LogP contribution in [0.2, 0.25) is 0 Å². The zero-order chi connectivity index (χ0) is 59.2. The van der Waals surface area contributed by atoms with Gasteiger partial charge in [-0.2, -0.15) is 0 Å². The molecule has 0 saturated heterocycles. The van der Waals surface area contributed by atoms with Crippen LogP contribution >= 0.6 is 0 Å². The number of allylic oxidation sites excluding steroid dienone is 4. The minimum atomic E-state index is -0.774. The van der Waals surface area contributed by atoms with Gasteiger partial charge >= 0.3 is 17.9 Å². The highest BCUT2D eigenvalue weighted by atomic mass is 16.6. The fourth-order valence-corrected chi connectivity index (χ4v) is 11.6. The maximum atomic E-state index is 13.0. The van der Waals surface area contributed by atoms with Crippen molar-refractivity contribution in [3.05, 3.63) is 24.3 Å². The van der Waals surface area contributed by atoms with Crippen LogP contribution in [-0.4, -0.2) is 37.2 Å². The predicted molar refractivity (Wildman–Crippen MR) is 358 cm³/mol. The summed E-state index contributed by atoms with van der Waals surface area (Å²) in [7, 11) is 0. The summed E-state index contributed by atoms with van der Waals surface area (Å²) in [5, 5.41) is 0. The van der Waals surface area contributed by atoms with Crippen molar-refractivity contribution in [3.63, 3.8) is 0 Å². The maximum Gasteiger partial charge on any atom is 0.306 e. The second-order valence-corrected chi connectivity index (χ2v) is 25.6. The van der Waals surface area contributed by atoms with Gasteiger partial charge in [-0.25, -0.2) is 0 Å². The zero-order valence-corrected chi connectivity index (χ0v) is 55.8. The van der Waals surface area contributed by atoms with Crippen LogP contribution in [0.5, 0.6) is 0 Å². The number of carbonyl (C=O) groups excluding carboxylic acids is 3. The Morgan fingerprint density at radius 1 is 0.244 bits per heavy atom. The summed E-state index contributed by atoms with van der Waals surface area (Å²) in [6, 6.07) is 0. The molecular formula is C76H144O6. The number of unbranched alkanes of at least 4 members (excludes halogenated alkanes) is 55. The summed E-state index contributed by atoms with van der Waals surface area (Å²) in [5.74, 6) is -0.849. The molecule has 82 heavy (non-hydrogen) atoms. The minimum absolute atomic E-state index is 0.0692. The molecule has 0 aromatic rings. The average molecular weight is 1150 g/mol. The van der Waals surface area contributed by atoms with E-state index in [0.717, 1.165) is 83.5 Å². The molecule has 1 atom stereocenters. The average Bonchev–Trinajstić information content (AvgIpc) is 3.47. The first-order chi connectivity index (χ1) is 40.5. The van der Waals surface area contributed by atoms with E-state index in [1.54, 1.807) is 0 Å². The Kier molecular flexibility index (Phi) is 69.5. The van der Waals surface area contributed by atoms with Gasteiger partial charge in [-0.3, -0.25) is 14.4 Å². The molecule has 0 radical (unpaired) electrons. The van der Waals surface area contributed by atoms with Crippen molar-refractivity contribution in [2.75, 3.05) is 13.2 Å². The van der Waals surface area contributed by atoms with Gasteiger partial charge in [0, 0.05) is 19.3 Å². The molecule has 1 unspecified atom stereocenters. The second-order valence-electron chi connectivity index (χ2n) is 25.6. The number of rotatable bonds is 70. The normalized spacial score (nSPS) is 12.1. The van der Waals surface area contributed by atoms with Gasteiger partial charge < -0.3 is 14.2 Å². The topological polar surface area (TPSA) is 78.9 Å². The number of hydrogen-bond acceptors (Lipinski definition) is 6. The maximum absolute atomic E-state index is 13.0. The summed E-state index contributed by atoms with van der Waals surface area (Å²) in [6.45, 7) is 6.66. The Hall–Kier alpha value is -2.11. The lowest BCUT2D eigenvalue weighted by Gasteiger charge is -2.18. The molecule has 0 aromatic carbocycles. The molecule has 0 aromatic heterocycles. The van der Waals surface area contributed by atoms with Crippen molar-refractivity contribution >= 4 is 17.9 Å². The van der Waals surface area contributed by atoms with E-state index in [2.05, 4.69) is 45.1 Å². The Labute approximate surface area is 513 Å². The fraction of sp³-hybridized carbons (Fsp3) is 0.908. The van der Waals surface area contributed by atoms with Gasteiger partial charge in [0.25, 0.3) is 0 Å². The Morgan fingerprint density at radius 2 is 0.463 bits per heavy atom. The molecule has 0 aliphatic heterocycles. The first-order valence-electron chi connectivity index (χ1n) is 37.3. The number of carbonyl (C=O) groups is 3. The van der Waals surface area contributed by atoms with Crippen molar-refractivity contribution < 1.29 is 28.6 Å². The third-order valence-corrected chi connectivity index (χ3v) is 17.2. The molecule has 0 aliphatic rings. The van der Waals surface area contributed by atoms with Crippen LogP contribution in [0.25, 0.3) is 0 Å². The van der Waals surface area contributed by atoms with Gasteiger partial charge in [-0.1, -0.05) is 385 Å². The summed E-state index contributed by atoms with van der Waals surface area (Å²) < 4.78 is 17.0. The molecule has 6 nitrogen and oxygen atoms in total. The van der Waals surface area contributed by atoms with E-state index in [4.69, 9.17) is 14.2 Å². The molecule has 0 N–H and O–H groups in total. The van der Waals surface area contributed by atoms with E-state index in [0.29, 0.717) is 19.3 Å². The number of hydrogen-bond donors (Lipinski definition) is 0. The Balaban J connectivity index is 4.17. The SMILES string of the molecule is CCC/C=C\C/C=C\CCCCCCCC(=O)OCC(COC(=O)CCCCCCCCCCCCCCCCCCCCCCCCCCCCCC)OC(=O)CCCCCCCCCCCCCCCCCCCCCCCCC. The highest BCUT2D eigenvalue weighted by Crippen LogP contribution is 2.20. The van der Waals surface area contributed by atoms with Crippen LogP contribution in [0.1, 0.15) is 425 Å². The standard InChI is InChI=1S/C76H144O6/c1-4-7-10-13-16-19-22-25-27-29-31-33-35-36-37-38-39-41-42-44-46-48-51-54-57-60-63-66-69-75(78)81-72-73(71-80-74(77)68-65-62-59-56-53-50-24-21-18-15-12-9-6-3)82-76(79)70-67-64-61-58-55-52-49-47-45-43-40-34-32-30-28-26-23-20-17-14-11-8-5-2/h12,15,21,24,73H,4-11,13-14,16-20,22-23,25-72H2,1-3H3/b15-12-,24-21-. The summed E-state index contributed by atoms with van der Waals surface area (Å²) >= 11 is 0. The van der Waals surface area contributed by atoms with Gasteiger partial charge in [0.1, 0.15) is 13.2 Å². The first kappa shape index (κ1) is 79.9. The van der Waals surface area contributed by atoms with Gasteiger partial charge in [0.05, 0.1) is 0 Å². The monoisotopic (exact) mass is 1150 g/mol. The Morgan fingerprint density at radius 3 is 0.720 bits per heavy atom. The quantitative estimate of drug-likeness (QED) is 0.0261. The van der Waals surface area contributed by atoms with Crippen LogP contribution < -0.4 is 0 Å². The third-order valence-electron chi connectivity index (χ3n) is 17.2. The van der Waals surface area contributed by atoms with Crippen LogP contribution in [-0.2, 0) is 28.6 Å². The van der Waals surface area contributed by atoms with Crippen LogP contribution in [0.3, 0.4) is 0 Å². The van der Waals surface area contributed by atoms with Gasteiger partial charge in [-0.05, 0) is 44.9 Å². The smallest absolute Gasteiger partial charge is 0.306 e. The predicted octanol–water partition coefficient (Wildman–Crippen LogP) is 25.7. The van der Waals surface area contributed by atoms with E-state index < -0.39 is 6.10 Å². The first-order valence-corrected chi connectivity index (χ1v) is 37.3. The van der Waals surface area contributed by atoms with Crippen molar-refractivity contribution in [3.8, 4) is 0 Å². The van der Waals surface area contributed by atoms with Crippen molar-refractivity contribution in [1.82, 2.24) is 0 Å². The largest absolute Gasteiger partial charge is 0.462 e. The van der Waals surface area contributed by atoms with Crippen molar-refractivity contribution in [1.29, 1.82) is 0 Å². The van der Waals surface area contributed by atoms with Crippen molar-refractivity contribution in [2.45, 2.75) is 431 Å². The molecule has 0 fully saturated rings. The molecule has 0 rings (SSSR count). The van der Waals surface area contributed by atoms with Crippen LogP contribution in [0.4, 0.5) is 0 Å². The highest BCUT2D eigenvalue weighted by molar-refractivity contribution is 5.71. The summed E-state index contributed by atoms with van der Waals surface area (Å²) in [6.07, 6.45) is 88.1. The molecule has 0 amide bonds. The molecule has 6 heteroatoms. The van der Waals surface area contributed by atoms with E-state index in [1.807, 2.05) is 0 Å². The number of ether oxygens (including phenoxy) is 3. The van der Waals surface area contributed by atoms with Crippen molar-refractivity contribution in [2.24, 2.45) is 0 Å². The minimum Gasteiger partial charge on any atom is -0.462 e. The highest BCUT2D eigenvalue weighted by Gasteiger charge is 2.20. The molecule has 484 valence electrons. The zero-order valence-electron chi connectivity index (χ0n) is 55.8. The van der Waals surface area contributed by atoms with E-state index in [9.17, 15) is 14.4 Å². The molecule has 0 spiro atoms. The van der Waals surface area contributed by atoms with Gasteiger partial charge in [0.15, 0.2) is 6.10 Å². The summed E-state index contributed by atoms with van der Waals surface area (Å²) in [5.41, 5.74) is 0. The van der Waals surface area contributed by atoms with Gasteiger partial charge in [0.2, 0.25) is 0 Å². The third kappa shape index (κ3) is 68.7. The molecule has 0 heterocycles. The van der Waals surface area contributed by atoms with E-state index >= 15 is 0 Å². The second kappa shape index (κ2) is 71.4. The summed E-state index contributed by atoms with van der Waals surface area (Å²) in [4.78, 5) is 38.5. The Bertz CT molecular complexity index is 1320. The lowest BCUT2D eigenvalue weighted by molar-refractivity contribution is -0.167. The fourth-order valence-electron chi connectivity index (χ4n) is 11.6. The molecule has 0 aliphatic carbocycles. The van der Waals surface area contributed by atoms with Crippen LogP contribution in [0, 0.1) is 0 Å². The number of esters is 3. The van der Waals surface area contributed by atoms with E-state index in [1.165, 1.54) is 302 Å². The molecule has 0 saturated carbocycles. The van der Waals surface area contributed by atoms with Gasteiger partial charge in [-0.15, -0.1) is 0 Å². The van der Waals surface area contributed by atoms with Crippen LogP contribution in [0.15, 0.2) is 24.3 Å². The molecular weight excluding hydrogens is 1010 g/mol. The van der Waals surface area contributed by atoms with E-state index in [-0.39, 0.29) is 31.1 Å². The molecule has 0 bridgehead atoms. The lowest BCUT2D eigenvalue weighted by Crippen LogP contribution is -2.30.